The zero-order chi connectivity index (χ0) is 22.2. The summed E-state index contributed by atoms with van der Waals surface area (Å²) in [7, 11) is 0. The van der Waals surface area contributed by atoms with Crippen LogP contribution >= 0.6 is 11.8 Å². The van der Waals surface area contributed by atoms with E-state index in [1.807, 2.05) is 42.5 Å². The molecule has 1 N–H and O–H groups in total. The van der Waals surface area contributed by atoms with Crippen molar-refractivity contribution in [1.82, 2.24) is 14.9 Å². The maximum absolute atomic E-state index is 13.6. The lowest BCUT2D eigenvalue weighted by atomic mass is 10.0. The summed E-state index contributed by atoms with van der Waals surface area (Å²) in [4.78, 5) is 31.2. The molecule has 5 nitrogen and oxygen atoms in total. The largest absolute Gasteiger partial charge is 0.352 e. The van der Waals surface area contributed by atoms with Crippen molar-refractivity contribution in [3.8, 4) is 5.69 Å². The Morgan fingerprint density at radius 3 is 2.41 bits per heavy atom. The number of carbonyl (C=O) groups excluding carboxylic acids is 1. The van der Waals surface area contributed by atoms with Crippen LogP contribution in [-0.2, 0) is 4.79 Å². The van der Waals surface area contributed by atoms with Gasteiger partial charge in [-0.15, -0.1) is 0 Å². The number of nitrogens with one attached hydrogen (secondary N) is 1. The van der Waals surface area contributed by atoms with Gasteiger partial charge in [-0.25, -0.2) is 4.98 Å². The van der Waals surface area contributed by atoms with E-state index in [4.69, 9.17) is 4.98 Å². The van der Waals surface area contributed by atoms with Gasteiger partial charge in [0.1, 0.15) is 0 Å². The maximum atomic E-state index is 13.6. The zero-order valence-corrected chi connectivity index (χ0v) is 19.4. The number of benzene rings is 2. The van der Waals surface area contributed by atoms with Gasteiger partial charge in [0.25, 0.3) is 5.56 Å². The summed E-state index contributed by atoms with van der Waals surface area (Å²) < 4.78 is 1.69. The third kappa shape index (κ3) is 4.33. The van der Waals surface area contributed by atoms with E-state index in [-0.39, 0.29) is 23.1 Å². The summed E-state index contributed by atoms with van der Waals surface area (Å²) in [6.07, 6.45) is 4.91. The molecule has 0 atom stereocenters. The molecule has 1 heterocycles. The van der Waals surface area contributed by atoms with Crippen LogP contribution < -0.4 is 10.9 Å². The van der Waals surface area contributed by atoms with Crippen molar-refractivity contribution in [2.75, 3.05) is 5.75 Å². The van der Waals surface area contributed by atoms with E-state index in [9.17, 15) is 9.59 Å². The number of thioether (sulfide) groups is 1. The Bertz CT molecular complexity index is 1200. The Balaban J connectivity index is 1.48. The molecule has 0 unspecified atom stereocenters. The lowest BCUT2D eigenvalue weighted by Gasteiger charge is -2.19. The normalized spacial score (nSPS) is 16.1. The molecule has 32 heavy (non-hydrogen) atoms. The minimum absolute atomic E-state index is 0.0323. The molecule has 2 saturated carbocycles. The molecule has 2 aliphatic carbocycles. The fourth-order valence-electron chi connectivity index (χ4n) is 4.49. The third-order valence-corrected chi connectivity index (χ3v) is 7.40. The van der Waals surface area contributed by atoms with Crippen LogP contribution in [-0.4, -0.2) is 27.3 Å². The van der Waals surface area contributed by atoms with Crippen molar-refractivity contribution >= 4 is 28.6 Å². The van der Waals surface area contributed by atoms with Crippen molar-refractivity contribution in [1.29, 1.82) is 0 Å². The van der Waals surface area contributed by atoms with Crippen LogP contribution in [0, 0.1) is 11.8 Å². The molecule has 0 bridgehead atoms. The van der Waals surface area contributed by atoms with Crippen LogP contribution in [0.25, 0.3) is 16.6 Å². The number of nitrogens with zero attached hydrogens (tertiary/aromatic N) is 2. The van der Waals surface area contributed by atoms with Gasteiger partial charge in [-0.2, -0.15) is 0 Å². The molecule has 1 amide bonds. The number of hydrogen-bond donors (Lipinski definition) is 1. The van der Waals surface area contributed by atoms with Gasteiger partial charge >= 0.3 is 0 Å². The summed E-state index contributed by atoms with van der Waals surface area (Å²) in [5.74, 6) is 1.86. The summed E-state index contributed by atoms with van der Waals surface area (Å²) >= 11 is 1.35. The van der Waals surface area contributed by atoms with Gasteiger partial charge in [0.15, 0.2) is 5.16 Å². The highest BCUT2D eigenvalue weighted by Gasteiger charge is 2.42. The Morgan fingerprint density at radius 1 is 1.06 bits per heavy atom. The molecule has 0 spiro atoms. The van der Waals surface area contributed by atoms with Gasteiger partial charge < -0.3 is 5.32 Å². The maximum Gasteiger partial charge on any atom is 0.266 e. The fraction of sp³-hybridized carbons (Fsp3) is 0.423. The smallest absolute Gasteiger partial charge is 0.266 e. The predicted molar refractivity (Wildman–Crippen MR) is 130 cm³/mol. The first-order valence-corrected chi connectivity index (χ1v) is 12.5. The van der Waals surface area contributed by atoms with Crippen molar-refractivity contribution in [3.63, 3.8) is 0 Å². The van der Waals surface area contributed by atoms with E-state index < -0.39 is 0 Å². The Morgan fingerprint density at radius 2 is 1.72 bits per heavy atom. The van der Waals surface area contributed by atoms with Gasteiger partial charge in [0, 0.05) is 6.04 Å². The first-order chi connectivity index (χ1) is 15.5. The average molecular weight is 448 g/mol. The second-order valence-corrected chi connectivity index (χ2v) is 10.3. The van der Waals surface area contributed by atoms with Crippen LogP contribution in [0.15, 0.2) is 58.5 Å². The quantitative estimate of drug-likeness (QED) is 0.394. The van der Waals surface area contributed by atoms with E-state index in [1.54, 1.807) is 4.57 Å². The molecular weight excluding hydrogens is 418 g/mol. The predicted octanol–water partition coefficient (Wildman–Crippen LogP) is 4.91. The fourth-order valence-corrected chi connectivity index (χ4v) is 5.31. The molecule has 0 aliphatic heterocycles. The second-order valence-electron chi connectivity index (χ2n) is 9.32. The lowest BCUT2D eigenvalue weighted by Crippen LogP contribution is -2.39. The first kappa shape index (κ1) is 21.3. The molecule has 1 aromatic heterocycles. The minimum atomic E-state index is -0.0968. The molecular formula is C26H29N3O2S. The molecule has 0 radical (unpaired) electrons. The van der Waals surface area contributed by atoms with E-state index in [0.29, 0.717) is 33.9 Å². The number of para-hydroxylation sites is 2. The van der Waals surface area contributed by atoms with E-state index >= 15 is 0 Å². The van der Waals surface area contributed by atoms with Gasteiger partial charge in [-0.3, -0.25) is 14.2 Å². The molecule has 0 saturated heterocycles. The average Bonchev–Trinajstić information content (AvgIpc) is 3.70. The Labute approximate surface area is 192 Å². The number of rotatable bonds is 8. The molecule has 2 aliphatic rings. The molecule has 3 aromatic rings. The van der Waals surface area contributed by atoms with Crippen LogP contribution in [0.1, 0.15) is 51.0 Å². The topological polar surface area (TPSA) is 64.0 Å². The monoisotopic (exact) mass is 447 g/mol. The second kappa shape index (κ2) is 8.74. The highest BCUT2D eigenvalue weighted by molar-refractivity contribution is 7.99. The number of fused-ring (bicyclic) bond motifs is 1. The molecule has 5 rings (SSSR count). The first-order valence-electron chi connectivity index (χ1n) is 11.6. The van der Waals surface area contributed by atoms with Crippen LogP contribution in [0.2, 0.25) is 0 Å². The summed E-state index contributed by atoms with van der Waals surface area (Å²) in [5, 5.41) is 4.42. The number of carbonyl (C=O) groups is 1. The van der Waals surface area contributed by atoms with Crippen molar-refractivity contribution in [2.45, 2.75) is 56.6 Å². The molecule has 2 aromatic carbocycles. The van der Waals surface area contributed by atoms with E-state index in [1.165, 1.54) is 37.4 Å². The number of hydrogen-bond acceptors (Lipinski definition) is 4. The van der Waals surface area contributed by atoms with Crippen molar-refractivity contribution in [2.24, 2.45) is 11.8 Å². The minimum Gasteiger partial charge on any atom is -0.352 e. The van der Waals surface area contributed by atoms with Crippen molar-refractivity contribution < 1.29 is 4.79 Å². The lowest BCUT2D eigenvalue weighted by molar-refractivity contribution is -0.119. The standard InChI is InChI=1S/C26H29N3O2S/c1-16(2)19-7-4-6-10-22(19)29-25(31)20-8-3-5-9-21(20)27-26(29)32-15-23(30)28-24(17-11-12-17)18-13-14-18/h3-10,16-18,24H,11-15H2,1-2H3,(H,28,30). The van der Waals surface area contributed by atoms with Crippen LogP contribution in [0.4, 0.5) is 0 Å². The molecule has 6 heteroatoms. The molecule has 2 fully saturated rings. The SMILES string of the molecule is CC(C)c1ccccc1-n1c(SCC(=O)NC(C2CC2)C2CC2)nc2ccccc2c1=O. The van der Waals surface area contributed by atoms with Gasteiger partial charge in [-0.05, 0) is 67.2 Å². The van der Waals surface area contributed by atoms with Gasteiger partial charge in [0.05, 0.1) is 22.3 Å². The number of aromatic nitrogens is 2. The van der Waals surface area contributed by atoms with Crippen LogP contribution in [0.5, 0.6) is 0 Å². The summed E-state index contributed by atoms with van der Waals surface area (Å²) in [6, 6.07) is 15.7. The van der Waals surface area contributed by atoms with Crippen LogP contribution in [0.3, 0.4) is 0 Å². The summed E-state index contributed by atoms with van der Waals surface area (Å²) in [6.45, 7) is 4.24. The number of amides is 1. The van der Waals surface area contributed by atoms with E-state index in [2.05, 4.69) is 25.2 Å². The summed E-state index contributed by atoms with van der Waals surface area (Å²) in [5.41, 5.74) is 2.48. The van der Waals surface area contributed by atoms with Gasteiger partial charge in [0.2, 0.25) is 5.91 Å². The highest BCUT2D eigenvalue weighted by Crippen LogP contribution is 2.44. The molecule has 166 valence electrons. The Kier molecular flexibility index (Phi) is 5.80. The zero-order valence-electron chi connectivity index (χ0n) is 18.6. The Hall–Kier alpha value is -2.60. The highest BCUT2D eigenvalue weighted by atomic mass is 32.2. The third-order valence-electron chi connectivity index (χ3n) is 6.46. The van der Waals surface area contributed by atoms with Gasteiger partial charge in [-0.1, -0.05) is 55.9 Å². The van der Waals surface area contributed by atoms with Crippen molar-refractivity contribution in [3.05, 3.63) is 64.4 Å². The van der Waals surface area contributed by atoms with E-state index in [0.717, 1.165) is 11.3 Å².